The van der Waals surface area contributed by atoms with Crippen molar-refractivity contribution in [2.45, 2.75) is 13.8 Å². The molecule has 0 bridgehead atoms. The maximum atomic E-state index is 12.0. The van der Waals surface area contributed by atoms with E-state index in [1.54, 1.807) is 34.8 Å². The minimum atomic E-state index is -0.0422. The Hall–Kier alpha value is -2.17. The van der Waals surface area contributed by atoms with Gasteiger partial charge in [0.15, 0.2) is 5.78 Å². The van der Waals surface area contributed by atoms with Crippen LogP contribution >= 0.6 is 0 Å². The number of hydrogen-bond donors (Lipinski definition) is 0. The summed E-state index contributed by atoms with van der Waals surface area (Å²) >= 11 is 0. The topological polar surface area (TPSA) is 52.7 Å². The smallest absolute Gasteiger partial charge is 0.189 e. The third-order valence-corrected chi connectivity index (χ3v) is 2.72. The lowest BCUT2D eigenvalue weighted by atomic mass is 10.1. The van der Waals surface area contributed by atoms with Gasteiger partial charge in [0.2, 0.25) is 0 Å². The molecule has 2 rings (SSSR count). The van der Waals surface area contributed by atoms with Gasteiger partial charge in [-0.15, -0.1) is 0 Å². The van der Waals surface area contributed by atoms with Gasteiger partial charge in [-0.25, -0.2) is 0 Å². The zero-order valence-electron chi connectivity index (χ0n) is 11.0. The second kappa shape index (κ2) is 4.60. The number of nitrogens with zero attached hydrogens (tertiary/aromatic N) is 4. The van der Waals surface area contributed by atoms with Crippen LogP contribution in [0.4, 0.5) is 0 Å². The molecule has 0 unspecified atom stereocenters. The molecule has 0 aliphatic carbocycles. The molecule has 0 aromatic carbocycles. The SMILES string of the molecule is Cc1cc(/C=C/C(=O)c2cn(C)nc2C)n(C)n1. The maximum Gasteiger partial charge on any atom is 0.189 e. The Labute approximate surface area is 106 Å². The molecule has 5 heteroatoms. The van der Waals surface area contributed by atoms with Gasteiger partial charge in [-0.05, 0) is 32.1 Å². The number of hydrogen-bond acceptors (Lipinski definition) is 3. The van der Waals surface area contributed by atoms with Crippen molar-refractivity contribution in [1.29, 1.82) is 0 Å². The lowest BCUT2D eigenvalue weighted by Gasteiger charge is -1.94. The Balaban J connectivity index is 2.22. The van der Waals surface area contributed by atoms with Gasteiger partial charge in [-0.2, -0.15) is 10.2 Å². The average molecular weight is 244 g/mol. The van der Waals surface area contributed by atoms with E-state index < -0.39 is 0 Å². The summed E-state index contributed by atoms with van der Waals surface area (Å²) in [4.78, 5) is 12.0. The molecule has 0 radical (unpaired) electrons. The molecule has 94 valence electrons. The number of allylic oxidation sites excluding steroid dienone is 1. The number of aryl methyl sites for hydroxylation is 4. The number of carbonyl (C=O) groups is 1. The molecule has 2 heterocycles. The predicted octanol–water partition coefficient (Wildman–Crippen LogP) is 1.67. The van der Waals surface area contributed by atoms with E-state index in [1.807, 2.05) is 27.0 Å². The summed E-state index contributed by atoms with van der Waals surface area (Å²) in [5.41, 5.74) is 3.21. The second-order valence-corrected chi connectivity index (χ2v) is 4.33. The first-order valence-corrected chi connectivity index (χ1v) is 5.70. The molecule has 2 aromatic rings. The van der Waals surface area contributed by atoms with Crippen LogP contribution in [-0.4, -0.2) is 25.3 Å². The van der Waals surface area contributed by atoms with E-state index in [1.165, 1.54) is 0 Å². The normalized spacial score (nSPS) is 11.3. The number of rotatable bonds is 3. The van der Waals surface area contributed by atoms with Gasteiger partial charge in [0.05, 0.1) is 22.6 Å². The third kappa shape index (κ3) is 2.40. The number of carbonyl (C=O) groups excluding carboxylic acids is 1. The quantitative estimate of drug-likeness (QED) is 0.609. The Morgan fingerprint density at radius 2 is 2.00 bits per heavy atom. The van der Waals surface area contributed by atoms with Crippen LogP contribution in [0.15, 0.2) is 18.3 Å². The largest absolute Gasteiger partial charge is 0.289 e. The lowest BCUT2D eigenvalue weighted by Crippen LogP contribution is -1.96. The van der Waals surface area contributed by atoms with Crippen LogP contribution in [0.2, 0.25) is 0 Å². The van der Waals surface area contributed by atoms with Crippen molar-refractivity contribution in [2.75, 3.05) is 0 Å². The summed E-state index contributed by atoms with van der Waals surface area (Å²) in [6.45, 7) is 3.75. The van der Waals surface area contributed by atoms with Gasteiger partial charge in [-0.1, -0.05) is 0 Å². The molecular formula is C13H16N4O. The molecule has 0 aliphatic heterocycles. The zero-order chi connectivity index (χ0) is 13.3. The molecule has 2 aromatic heterocycles. The van der Waals surface area contributed by atoms with Crippen molar-refractivity contribution < 1.29 is 4.79 Å². The van der Waals surface area contributed by atoms with Gasteiger partial charge < -0.3 is 0 Å². The second-order valence-electron chi connectivity index (χ2n) is 4.33. The van der Waals surface area contributed by atoms with Gasteiger partial charge in [0.1, 0.15) is 0 Å². The highest BCUT2D eigenvalue weighted by molar-refractivity contribution is 6.07. The van der Waals surface area contributed by atoms with Crippen molar-refractivity contribution in [2.24, 2.45) is 14.1 Å². The van der Waals surface area contributed by atoms with E-state index in [2.05, 4.69) is 10.2 Å². The molecular weight excluding hydrogens is 228 g/mol. The van der Waals surface area contributed by atoms with Crippen molar-refractivity contribution >= 4 is 11.9 Å². The van der Waals surface area contributed by atoms with Gasteiger partial charge >= 0.3 is 0 Å². The molecule has 0 fully saturated rings. The van der Waals surface area contributed by atoms with Crippen LogP contribution in [0.5, 0.6) is 0 Å². The molecule has 18 heavy (non-hydrogen) atoms. The Morgan fingerprint density at radius 3 is 2.50 bits per heavy atom. The van der Waals surface area contributed by atoms with E-state index >= 15 is 0 Å². The first-order chi connectivity index (χ1) is 8.47. The van der Waals surface area contributed by atoms with Gasteiger partial charge in [0, 0.05) is 20.3 Å². The van der Waals surface area contributed by atoms with Crippen molar-refractivity contribution in [1.82, 2.24) is 19.6 Å². The first-order valence-electron chi connectivity index (χ1n) is 5.70. The maximum absolute atomic E-state index is 12.0. The van der Waals surface area contributed by atoms with Crippen LogP contribution < -0.4 is 0 Å². The van der Waals surface area contributed by atoms with Crippen molar-refractivity contribution in [3.05, 3.63) is 41.0 Å². The molecule has 0 aliphatic rings. The first kappa shape index (κ1) is 12.3. The summed E-state index contributed by atoms with van der Waals surface area (Å²) in [5, 5.41) is 8.37. The minimum absolute atomic E-state index is 0.0422. The third-order valence-electron chi connectivity index (χ3n) is 2.72. The summed E-state index contributed by atoms with van der Waals surface area (Å²) in [6.07, 6.45) is 5.06. The molecule has 0 spiro atoms. The Kier molecular flexibility index (Phi) is 3.14. The highest BCUT2D eigenvalue weighted by Crippen LogP contribution is 2.09. The molecule has 0 atom stereocenters. The van der Waals surface area contributed by atoms with Crippen LogP contribution in [0.3, 0.4) is 0 Å². The van der Waals surface area contributed by atoms with E-state index in [9.17, 15) is 4.79 Å². The summed E-state index contributed by atoms with van der Waals surface area (Å²) < 4.78 is 3.39. The fourth-order valence-corrected chi connectivity index (χ4v) is 1.88. The van der Waals surface area contributed by atoms with E-state index in [4.69, 9.17) is 0 Å². The lowest BCUT2D eigenvalue weighted by molar-refractivity contribution is 0.104. The molecule has 0 N–H and O–H groups in total. The van der Waals surface area contributed by atoms with Crippen molar-refractivity contribution in [3.63, 3.8) is 0 Å². The van der Waals surface area contributed by atoms with Crippen molar-refractivity contribution in [3.8, 4) is 0 Å². The van der Waals surface area contributed by atoms with Crippen LogP contribution in [-0.2, 0) is 14.1 Å². The van der Waals surface area contributed by atoms with E-state index in [0.717, 1.165) is 17.1 Å². The standard InChI is InChI=1S/C13H16N4O/c1-9-7-11(17(4)14-9)5-6-13(18)12-8-16(3)15-10(12)2/h5-8H,1-4H3/b6-5+. The fourth-order valence-electron chi connectivity index (χ4n) is 1.88. The number of aromatic nitrogens is 4. The Morgan fingerprint density at radius 1 is 1.28 bits per heavy atom. The van der Waals surface area contributed by atoms with Gasteiger partial charge in [-0.3, -0.25) is 14.2 Å². The summed E-state index contributed by atoms with van der Waals surface area (Å²) in [6, 6.07) is 1.93. The Bertz CT molecular complexity index is 619. The van der Waals surface area contributed by atoms with Gasteiger partial charge in [0.25, 0.3) is 0 Å². The highest BCUT2D eigenvalue weighted by Gasteiger charge is 2.09. The fraction of sp³-hybridized carbons (Fsp3) is 0.308. The zero-order valence-corrected chi connectivity index (χ0v) is 11.0. The molecule has 0 amide bonds. The van der Waals surface area contributed by atoms with Crippen LogP contribution in [0.25, 0.3) is 6.08 Å². The summed E-state index contributed by atoms with van der Waals surface area (Å²) in [7, 11) is 3.66. The monoisotopic (exact) mass is 244 g/mol. The number of ketones is 1. The predicted molar refractivity (Wildman–Crippen MR) is 69.3 cm³/mol. The molecule has 5 nitrogen and oxygen atoms in total. The van der Waals surface area contributed by atoms with E-state index in [0.29, 0.717) is 5.56 Å². The van der Waals surface area contributed by atoms with Crippen LogP contribution in [0.1, 0.15) is 27.4 Å². The average Bonchev–Trinajstić information content (AvgIpc) is 2.78. The molecule has 0 saturated heterocycles. The van der Waals surface area contributed by atoms with Crippen LogP contribution in [0, 0.1) is 13.8 Å². The highest BCUT2D eigenvalue weighted by atomic mass is 16.1. The molecule has 0 saturated carbocycles. The van der Waals surface area contributed by atoms with E-state index in [-0.39, 0.29) is 5.78 Å². The summed E-state index contributed by atoms with van der Waals surface area (Å²) in [5.74, 6) is -0.0422. The minimum Gasteiger partial charge on any atom is -0.289 e.